The first-order chi connectivity index (χ1) is 9.29. The minimum atomic E-state index is -3.62. The molecule has 0 amide bonds. The SMILES string of the molecule is Cc1cc(N)ccc1S(=O)(=O)Cc1cc(Br)ccc1F. The van der Waals surface area contributed by atoms with Crippen molar-refractivity contribution in [3.05, 3.63) is 57.8 Å². The van der Waals surface area contributed by atoms with Gasteiger partial charge in [0.25, 0.3) is 0 Å². The van der Waals surface area contributed by atoms with Crippen molar-refractivity contribution in [1.82, 2.24) is 0 Å². The Labute approximate surface area is 125 Å². The second-order valence-electron chi connectivity index (χ2n) is 4.52. The highest BCUT2D eigenvalue weighted by Crippen LogP contribution is 2.24. The van der Waals surface area contributed by atoms with E-state index in [4.69, 9.17) is 5.73 Å². The zero-order valence-electron chi connectivity index (χ0n) is 10.7. The molecule has 0 aromatic heterocycles. The highest BCUT2D eigenvalue weighted by molar-refractivity contribution is 9.10. The quantitative estimate of drug-likeness (QED) is 0.855. The van der Waals surface area contributed by atoms with Gasteiger partial charge in [0.15, 0.2) is 9.84 Å². The van der Waals surface area contributed by atoms with Crippen molar-refractivity contribution in [2.24, 2.45) is 0 Å². The standard InChI is InChI=1S/C14H13BrFNO2S/c1-9-6-12(17)3-5-14(9)20(18,19)8-10-7-11(15)2-4-13(10)16/h2-7H,8,17H2,1H3. The third-order valence-corrected chi connectivity index (χ3v) is 5.20. The van der Waals surface area contributed by atoms with Gasteiger partial charge in [-0.3, -0.25) is 0 Å². The number of anilines is 1. The molecule has 0 spiro atoms. The maximum absolute atomic E-state index is 13.7. The van der Waals surface area contributed by atoms with Crippen molar-refractivity contribution in [2.45, 2.75) is 17.6 Å². The molecule has 3 nitrogen and oxygen atoms in total. The number of aryl methyl sites for hydroxylation is 1. The van der Waals surface area contributed by atoms with E-state index in [1.165, 1.54) is 30.3 Å². The van der Waals surface area contributed by atoms with E-state index in [2.05, 4.69) is 15.9 Å². The number of benzene rings is 2. The largest absolute Gasteiger partial charge is 0.399 e. The topological polar surface area (TPSA) is 60.2 Å². The van der Waals surface area contributed by atoms with Gasteiger partial charge >= 0.3 is 0 Å². The van der Waals surface area contributed by atoms with Crippen molar-refractivity contribution >= 4 is 31.5 Å². The normalized spacial score (nSPS) is 11.6. The lowest BCUT2D eigenvalue weighted by atomic mass is 10.2. The smallest absolute Gasteiger partial charge is 0.182 e. The lowest BCUT2D eigenvalue weighted by Gasteiger charge is -2.09. The molecule has 0 fully saturated rings. The number of rotatable bonds is 3. The molecule has 0 bridgehead atoms. The minimum absolute atomic E-state index is 0.135. The van der Waals surface area contributed by atoms with E-state index < -0.39 is 15.7 Å². The van der Waals surface area contributed by atoms with Crippen LogP contribution >= 0.6 is 15.9 Å². The van der Waals surface area contributed by atoms with Crippen LogP contribution in [0.3, 0.4) is 0 Å². The monoisotopic (exact) mass is 357 g/mol. The zero-order valence-corrected chi connectivity index (χ0v) is 13.1. The fourth-order valence-corrected chi connectivity index (χ4v) is 3.98. The molecule has 0 heterocycles. The summed E-state index contributed by atoms with van der Waals surface area (Å²) in [6.45, 7) is 1.67. The Hall–Kier alpha value is -1.40. The molecule has 0 atom stereocenters. The van der Waals surface area contributed by atoms with E-state index in [-0.39, 0.29) is 16.2 Å². The summed E-state index contributed by atoms with van der Waals surface area (Å²) in [6.07, 6.45) is 0. The molecule has 0 aliphatic carbocycles. The fourth-order valence-electron chi connectivity index (χ4n) is 1.96. The van der Waals surface area contributed by atoms with Crippen molar-refractivity contribution in [1.29, 1.82) is 0 Å². The third-order valence-electron chi connectivity index (χ3n) is 2.89. The Morgan fingerprint density at radius 2 is 1.90 bits per heavy atom. The summed E-state index contributed by atoms with van der Waals surface area (Å²) >= 11 is 3.21. The summed E-state index contributed by atoms with van der Waals surface area (Å²) in [5.74, 6) is -0.923. The molecular weight excluding hydrogens is 345 g/mol. The Bertz CT molecular complexity index is 760. The van der Waals surface area contributed by atoms with Gasteiger partial charge in [0.1, 0.15) is 5.82 Å². The summed E-state index contributed by atoms with van der Waals surface area (Å²) in [7, 11) is -3.62. The van der Waals surface area contributed by atoms with Gasteiger partial charge in [-0.15, -0.1) is 0 Å². The summed E-state index contributed by atoms with van der Waals surface area (Å²) < 4.78 is 39.1. The molecule has 6 heteroatoms. The summed E-state index contributed by atoms with van der Waals surface area (Å²) in [4.78, 5) is 0.172. The minimum Gasteiger partial charge on any atom is -0.399 e. The second kappa shape index (κ2) is 5.54. The molecule has 0 saturated heterocycles. The first-order valence-corrected chi connectivity index (χ1v) is 8.27. The van der Waals surface area contributed by atoms with Gasteiger partial charge in [0, 0.05) is 15.7 Å². The molecule has 20 heavy (non-hydrogen) atoms. The van der Waals surface area contributed by atoms with Crippen molar-refractivity contribution in [3.8, 4) is 0 Å². The number of hydrogen-bond donors (Lipinski definition) is 1. The van der Waals surface area contributed by atoms with Crippen LogP contribution in [0.4, 0.5) is 10.1 Å². The molecule has 2 N–H and O–H groups in total. The number of hydrogen-bond acceptors (Lipinski definition) is 3. The van der Waals surface area contributed by atoms with Crippen molar-refractivity contribution in [2.75, 3.05) is 5.73 Å². The molecule has 0 saturated carbocycles. The van der Waals surface area contributed by atoms with Gasteiger partial charge in [0.05, 0.1) is 10.6 Å². The van der Waals surface area contributed by atoms with Gasteiger partial charge in [-0.1, -0.05) is 15.9 Å². The fraction of sp³-hybridized carbons (Fsp3) is 0.143. The number of nitrogens with two attached hydrogens (primary N) is 1. The van der Waals surface area contributed by atoms with Crippen LogP contribution < -0.4 is 5.73 Å². The van der Waals surface area contributed by atoms with Crippen LogP contribution in [0.5, 0.6) is 0 Å². The van der Waals surface area contributed by atoms with Gasteiger partial charge in [-0.2, -0.15) is 0 Å². The van der Waals surface area contributed by atoms with E-state index in [0.29, 0.717) is 15.7 Å². The van der Waals surface area contributed by atoms with Crippen LogP contribution in [0.25, 0.3) is 0 Å². The molecule has 106 valence electrons. The third kappa shape index (κ3) is 3.19. The predicted molar refractivity (Wildman–Crippen MR) is 80.6 cm³/mol. The van der Waals surface area contributed by atoms with E-state index in [0.717, 1.165) is 0 Å². The average molecular weight is 358 g/mol. The molecule has 2 aromatic rings. The summed E-state index contributed by atoms with van der Waals surface area (Å²) in [5.41, 5.74) is 6.79. The molecule has 2 rings (SSSR count). The van der Waals surface area contributed by atoms with Crippen LogP contribution in [0.1, 0.15) is 11.1 Å². The van der Waals surface area contributed by atoms with Gasteiger partial charge < -0.3 is 5.73 Å². The van der Waals surface area contributed by atoms with Crippen molar-refractivity contribution in [3.63, 3.8) is 0 Å². The summed E-state index contributed by atoms with van der Waals surface area (Å²) in [5, 5.41) is 0. The van der Waals surface area contributed by atoms with E-state index in [1.54, 1.807) is 13.0 Å². The van der Waals surface area contributed by atoms with Crippen LogP contribution in [0.15, 0.2) is 45.8 Å². The average Bonchev–Trinajstić information content (AvgIpc) is 2.33. The lowest BCUT2D eigenvalue weighted by Crippen LogP contribution is -2.08. The molecular formula is C14H13BrFNO2S. The maximum Gasteiger partial charge on any atom is 0.182 e. The Balaban J connectivity index is 2.43. The Morgan fingerprint density at radius 3 is 2.55 bits per heavy atom. The van der Waals surface area contributed by atoms with E-state index in [9.17, 15) is 12.8 Å². The highest BCUT2D eigenvalue weighted by Gasteiger charge is 2.20. The van der Waals surface area contributed by atoms with Crippen LogP contribution in [-0.2, 0) is 15.6 Å². The molecule has 0 aliphatic rings. The Kier molecular flexibility index (Phi) is 4.15. The zero-order chi connectivity index (χ0) is 14.9. The maximum atomic E-state index is 13.7. The molecule has 0 radical (unpaired) electrons. The molecule has 0 aliphatic heterocycles. The number of halogens is 2. The van der Waals surface area contributed by atoms with Crippen LogP contribution in [0.2, 0.25) is 0 Å². The molecule has 2 aromatic carbocycles. The van der Waals surface area contributed by atoms with Crippen molar-refractivity contribution < 1.29 is 12.8 Å². The number of sulfone groups is 1. The summed E-state index contributed by atoms with van der Waals surface area (Å²) in [6, 6.07) is 8.81. The van der Waals surface area contributed by atoms with Gasteiger partial charge in [0.2, 0.25) is 0 Å². The van der Waals surface area contributed by atoms with Gasteiger partial charge in [-0.05, 0) is 48.9 Å². The predicted octanol–water partition coefficient (Wildman–Crippen LogP) is 3.45. The lowest BCUT2D eigenvalue weighted by molar-refractivity contribution is 0.586. The highest BCUT2D eigenvalue weighted by atomic mass is 79.9. The molecule has 0 unspecified atom stereocenters. The first kappa shape index (κ1) is 15.0. The Morgan fingerprint density at radius 1 is 1.20 bits per heavy atom. The van der Waals surface area contributed by atoms with Crippen LogP contribution in [-0.4, -0.2) is 8.42 Å². The number of nitrogen functional groups attached to an aromatic ring is 1. The van der Waals surface area contributed by atoms with E-state index in [1.807, 2.05) is 0 Å². The first-order valence-electron chi connectivity index (χ1n) is 5.82. The van der Waals surface area contributed by atoms with Gasteiger partial charge in [-0.25, -0.2) is 12.8 Å². The second-order valence-corrected chi connectivity index (χ2v) is 7.39. The van der Waals surface area contributed by atoms with E-state index >= 15 is 0 Å². The van der Waals surface area contributed by atoms with Crippen LogP contribution in [0, 0.1) is 12.7 Å².